The Hall–Kier alpha value is -2.66. The molecule has 0 bridgehead atoms. The number of rotatable bonds is 8. The van der Waals surface area contributed by atoms with Gasteiger partial charge in [-0.05, 0) is 30.2 Å². The third-order valence-corrected chi connectivity index (χ3v) is 5.22. The van der Waals surface area contributed by atoms with Crippen LogP contribution in [0.3, 0.4) is 0 Å². The summed E-state index contributed by atoms with van der Waals surface area (Å²) in [4.78, 5) is 0. The molecule has 0 aliphatic carbocycles. The van der Waals surface area contributed by atoms with Gasteiger partial charge in [-0.1, -0.05) is 78.9 Å². The molecule has 0 unspecified atom stereocenters. The minimum atomic E-state index is -0.375. The third kappa shape index (κ3) is 5.70. The van der Waals surface area contributed by atoms with E-state index in [-0.39, 0.29) is 24.6 Å². The predicted molar refractivity (Wildman–Crippen MR) is 116 cm³/mol. The third-order valence-electron chi connectivity index (χ3n) is 5.22. The van der Waals surface area contributed by atoms with Crippen LogP contribution in [0.1, 0.15) is 24.5 Å². The molecule has 156 valence electrons. The molecular formula is C26H28O4. The minimum Gasteiger partial charge on any atom is -0.465 e. The molecule has 1 aliphatic rings. The van der Waals surface area contributed by atoms with E-state index in [4.69, 9.17) is 18.9 Å². The zero-order valence-electron chi connectivity index (χ0n) is 17.2. The molecule has 4 atom stereocenters. The fourth-order valence-electron chi connectivity index (χ4n) is 3.68. The van der Waals surface area contributed by atoms with Crippen LogP contribution in [0.2, 0.25) is 0 Å². The van der Waals surface area contributed by atoms with Crippen molar-refractivity contribution in [2.75, 3.05) is 0 Å². The maximum absolute atomic E-state index is 6.32. The van der Waals surface area contributed by atoms with Gasteiger partial charge in [-0.3, -0.25) is 0 Å². The van der Waals surface area contributed by atoms with E-state index in [2.05, 4.69) is 24.3 Å². The fourth-order valence-corrected chi connectivity index (χ4v) is 3.68. The topological polar surface area (TPSA) is 36.9 Å². The molecule has 1 fully saturated rings. The quantitative estimate of drug-likeness (QED) is 0.506. The van der Waals surface area contributed by atoms with Gasteiger partial charge in [0.05, 0.1) is 25.4 Å². The van der Waals surface area contributed by atoms with Crippen molar-refractivity contribution in [1.82, 2.24) is 0 Å². The predicted octanol–water partition coefficient (Wildman–Crippen LogP) is 5.37. The van der Waals surface area contributed by atoms with E-state index < -0.39 is 0 Å². The highest BCUT2D eigenvalue weighted by Crippen LogP contribution is 2.28. The summed E-state index contributed by atoms with van der Waals surface area (Å²) in [6.07, 6.45) is -0.237. The van der Waals surface area contributed by atoms with Crippen molar-refractivity contribution in [1.29, 1.82) is 0 Å². The summed E-state index contributed by atoms with van der Waals surface area (Å²) >= 11 is 0. The van der Waals surface area contributed by atoms with E-state index in [1.54, 1.807) is 0 Å². The molecule has 0 spiro atoms. The molecule has 1 saturated heterocycles. The Kier molecular flexibility index (Phi) is 7.14. The Bertz CT molecular complexity index is 869. The maximum Gasteiger partial charge on any atom is 0.202 e. The molecule has 0 amide bonds. The van der Waals surface area contributed by atoms with Crippen molar-refractivity contribution in [3.05, 3.63) is 102 Å². The van der Waals surface area contributed by atoms with Gasteiger partial charge in [0.2, 0.25) is 6.29 Å². The van der Waals surface area contributed by atoms with Gasteiger partial charge in [0.15, 0.2) is 0 Å². The lowest BCUT2D eigenvalue weighted by molar-refractivity contribution is -0.243. The second-order valence-electron chi connectivity index (χ2n) is 7.53. The maximum atomic E-state index is 6.32. The summed E-state index contributed by atoms with van der Waals surface area (Å²) in [5.41, 5.74) is 2.27. The Balaban J connectivity index is 1.43. The lowest BCUT2D eigenvalue weighted by atomic mass is 10.0. The van der Waals surface area contributed by atoms with Crippen LogP contribution in [0.25, 0.3) is 0 Å². The van der Waals surface area contributed by atoms with Crippen LogP contribution < -0.4 is 4.74 Å². The average Bonchev–Trinajstić information content (AvgIpc) is 2.79. The number of benzene rings is 3. The second kappa shape index (κ2) is 10.4. The standard InChI is InChI=1S/C26H28O4/c1-20-26(28-19-22-13-7-3-8-14-22)24(27-18-21-11-5-2-6-12-21)17-25(29-20)30-23-15-9-4-10-16-23/h2-16,20,24-26H,17-19H2,1H3/t20-,24-,25+,26-/m0/s1. The average molecular weight is 405 g/mol. The minimum absolute atomic E-state index is 0.133. The van der Waals surface area contributed by atoms with Gasteiger partial charge < -0.3 is 18.9 Å². The van der Waals surface area contributed by atoms with Crippen molar-refractivity contribution in [3.63, 3.8) is 0 Å². The van der Waals surface area contributed by atoms with Gasteiger partial charge >= 0.3 is 0 Å². The first-order valence-corrected chi connectivity index (χ1v) is 10.5. The van der Waals surface area contributed by atoms with Crippen LogP contribution in [0.5, 0.6) is 5.75 Å². The molecule has 3 aromatic carbocycles. The Morgan fingerprint density at radius 3 is 1.87 bits per heavy atom. The normalized spacial score (nSPS) is 23.8. The van der Waals surface area contributed by atoms with E-state index in [1.807, 2.05) is 73.7 Å². The van der Waals surface area contributed by atoms with Crippen LogP contribution >= 0.6 is 0 Å². The Labute approximate surface area is 178 Å². The summed E-state index contributed by atoms with van der Waals surface area (Å²) in [7, 11) is 0. The number of hydrogen-bond donors (Lipinski definition) is 0. The van der Waals surface area contributed by atoms with E-state index in [0.717, 1.165) is 16.9 Å². The zero-order valence-corrected chi connectivity index (χ0v) is 17.2. The Morgan fingerprint density at radius 2 is 1.27 bits per heavy atom. The molecule has 4 nitrogen and oxygen atoms in total. The largest absolute Gasteiger partial charge is 0.465 e. The lowest BCUT2D eigenvalue weighted by Crippen LogP contribution is -2.50. The Morgan fingerprint density at radius 1 is 0.733 bits per heavy atom. The molecule has 0 aromatic heterocycles. The summed E-state index contributed by atoms with van der Waals surface area (Å²) < 4.78 is 24.8. The van der Waals surface area contributed by atoms with Crippen molar-refractivity contribution >= 4 is 0 Å². The van der Waals surface area contributed by atoms with Crippen molar-refractivity contribution in [3.8, 4) is 5.75 Å². The molecule has 1 heterocycles. The van der Waals surface area contributed by atoms with Crippen molar-refractivity contribution < 1.29 is 18.9 Å². The number of ether oxygens (including phenoxy) is 4. The highest BCUT2D eigenvalue weighted by molar-refractivity contribution is 5.21. The molecule has 30 heavy (non-hydrogen) atoms. The highest BCUT2D eigenvalue weighted by atomic mass is 16.7. The van der Waals surface area contributed by atoms with E-state index in [1.165, 1.54) is 0 Å². The smallest absolute Gasteiger partial charge is 0.202 e. The summed E-state index contributed by atoms with van der Waals surface area (Å²) in [5.74, 6) is 0.792. The van der Waals surface area contributed by atoms with Crippen LogP contribution in [-0.2, 0) is 27.4 Å². The number of para-hydroxylation sites is 1. The van der Waals surface area contributed by atoms with Gasteiger partial charge in [-0.15, -0.1) is 0 Å². The zero-order chi connectivity index (χ0) is 20.6. The molecule has 0 radical (unpaired) electrons. The fraction of sp³-hybridized carbons (Fsp3) is 0.308. The van der Waals surface area contributed by atoms with Crippen LogP contribution in [-0.4, -0.2) is 24.6 Å². The van der Waals surface area contributed by atoms with Gasteiger partial charge in [0, 0.05) is 6.42 Å². The molecule has 1 aliphatic heterocycles. The van der Waals surface area contributed by atoms with Gasteiger partial charge in [0.25, 0.3) is 0 Å². The monoisotopic (exact) mass is 404 g/mol. The summed E-state index contributed by atoms with van der Waals surface area (Å²) in [5, 5.41) is 0. The molecule has 4 rings (SSSR count). The SMILES string of the molecule is C[C@@H]1O[C@H](Oc2ccccc2)C[C@H](OCc2ccccc2)[C@H]1OCc1ccccc1. The first-order valence-electron chi connectivity index (χ1n) is 10.5. The lowest BCUT2D eigenvalue weighted by Gasteiger charge is -2.40. The molecule has 4 heteroatoms. The molecule has 0 saturated carbocycles. The number of hydrogen-bond acceptors (Lipinski definition) is 4. The van der Waals surface area contributed by atoms with Crippen LogP contribution in [0.15, 0.2) is 91.0 Å². The molecule has 0 N–H and O–H groups in total. The van der Waals surface area contributed by atoms with E-state index in [0.29, 0.717) is 19.6 Å². The van der Waals surface area contributed by atoms with E-state index >= 15 is 0 Å². The summed E-state index contributed by atoms with van der Waals surface area (Å²) in [6.45, 7) is 3.07. The molecule has 3 aromatic rings. The van der Waals surface area contributed by atoms with E-state index in [9.17, 15) is 0 Å². The van der Waals surface area contributed by atoms with Gasteiger partial charge in [-0.25, -0.2) is 0 Å². The van der Waals surface area contributed by atoms with Crippen molar-refractivity contribution in [2.45, 2.75) is 51.2 Å². The first kappa shape index (κ1) is 20.6. The van der Waals surface area contributed by atoms with Gasteiger partial charge in [0.1, 0.15) is 11.9 Å². The molecular weight excluding hydrogens is 376 g/mol. The second-order valence-corrected chi connectivity index (χ2v) is 7.53. The summed E-state index contributed by atoms with van der Waals surface area (Å²) in [6, 6.07) is 30.1. The van der Waals surface area contributed by atoms with Crippen molar-refractivity contribution in [2.24, 2.45) is 0 Å². The van der Waals surface area contributed by atoms with Crippen LogP contribution in [0.4, 0.5) is 0 Å². The first-order chi connectivity index (χ1) is 14.8. The van der Waals surface area contributed by atoms with Gasteiger partial charge in [-0.2, -0.15) is 0 Å². The van der Waals surface area contributed by atoms with Crippen LogP contribution in [0, 0.1) is 0 Å². The highest BCUT2D eigenvalue weighted by Gasteiger charge is 2.39.